The van der Waals surface area contributed by atoms with Crippen molar-refractivity contribution in [2.75, 3.05) is 19.6 Å². The largest absolute Gasteiger partial charge is 0.352 e. The van der Waals surface area contributed by atoms with E-state index in [2.05, 4.69) is 5.32 Å². The first kappa shape index (κ1) is 16.5. The number of hydrogen-bond acceptors (Lipinski definition) is 3. The molecule has 1 fully saturated rings. The molecule has 5 nitrogen and oxygen atoms in total. The zero-order valence-electron chi connectivity index (χ0n) is 13.3. The monoisotopic (exact) mass is 313 g/mol. The van der Waals surface area contributed by atoms with Gasteiger partial charge in [-0.1, -0.05) is 13.8 Å². The van der Waals surface area contributed by atoms with Gasteiger partial charge in [0.2, 0.25) is 10.0 Å². The van der Waals surface area contributed by atoms with Gasteiger partial charge in [-0.15, -0.1) is 0 Å². The van der Waals surface area contributed by atoms with Gasteiger partial charge in [-0.2, -0.15) is 4.31 Å². The molecule has 1 aromatic heterocycles. The second-order valence-electron chi connectivity index (χ2n) is 5.86. The average molecular weight is 313 g/mol. The first-order chi connectivity index (χ1) is 9.98. The molecule has 0 amide bonds. The molecule has 2 rings (SSSR count). The van der Waals surface area contributed by atoms with Gasteiger partial charge in [0.25, 0.3) is 0 Å². The molecule has 1 saturated carbocycles. The zero-order chi connectivity index (χ0) is 15.5. The van der Waals surface area contributed by atoms with E-state index in [1.165, 1.54) is 0 Å². The predicted octanol–water partition coefficient (Wildman–Crippen LogP) is 1.95. The van der Waals surface area contributed by atoms with Gasteiger partial charge in [-0.3, -0.25) is 0 Å². The molecule has 0 atom stereocenters. The highest BCUT2D eigenvalue weighted by molar-refractivity contribution is 7.89. The predicted molar refractivity (Wildman–Crippen MR) is 84.6 cm³/mol. The van der Waals surface area contributed by atoms with Gasteiger partial charge in [-0.05, 0) is 37.8 Å². The molecule has 1 aliphatic rings. The van der Waals surface area contributed by atoms with Crippen LogP contribution in [0, 0.1) is 5.92 Å². The van der Waals surface area contributed by atoms with Crippen molar-refractivity contribution >= 4 is 10.0 Å². The first-order valence-electron chi connectivity index (χ1n) is 7.85. The van der Waals surface area contributed by atoms with Crippen molar-refractivity contribution < 1.29 is 8.42 Å². The molecular weight excluding hydrogens is 286 g/mol. The Labute approximate surface area is 128 Å². The van der Waals surface area contributed by atoms with Crippen LogP contribution in [0.3, 0.4) is 0 Å². The summed E-state index contributed by atoms with van der Waals surface area (Å²) >= 11 is 0. The highest BCUT2D eigenvalue weighted by Crippen LogP contribution is 2.32. The van der Waals surface area contributed by atoms with Crippen LogP contribution >= 0.6 is 0 Å². The summed E-state index contributed by atoms with van der Waals surface area (Å²) in [5, 5.41) is 3.24. The summed E-state index contributed by atoms with van der Waals surface area (Å²) in [6, 6.07) is 1.80. The molecule has 1 aliphatic carbocycles. The number of aromatic nitrogens is 1. The molecule has 1 N–H and O–H groups in total. The standard InChI is InChI=1S/C15H27N3O2S/c1-4-8-18(11-13-6-7-13)21(19,20)15-9-14(10-16-5-2)17(3)12-15/h9,12-13,16H,4-8,10-11H2,1-3H3. The van der Waals surface area contributed by atoms with Crippen molar-refractivity contribution in [1.29, 1.82) is 0 Å². The van der Waals surface area contributed by atoms with Gasteiger partial charge in [0.05, 0.1) is 0 Å². The minimum Gasteiger partial charge on any atom is -0.352 e. The first-order valence-corrected chi connectivity index (χ1v) is 9.29. The van der Waals surface area contributed by atoms with Crippen molar-refractivity contribution in [2.24, 2.45) is 13.0 Å². The van der Waals surface area contributed by atoms with Crippen molar-refractivity contribution in [3.05, 3.63) is 18.0 Å². The molecule has 1 aromatic rings. The maximum Gasteiger partial charge on any atom is 0.244 e. The van der Waals surface area contributed by atoms with E-state index in [0.717, 1.165) is 31.5 Å². The average Bonchev–Trinajstić information content (AvgIpc) is 3.18. The summed E-state index contributed by atoms with van der Waals surface area (Å²) in [4.78, 5) is 0.423. The number of nitrogens with one attached hydrogen (secondary N) is 1. The van der Waals surface area contributed by atoms with Crippen LogP contribution in [0.25, 0.3) is 0 Å². The van der Waals surface area contributed by atoms with E-state index in [1.807, 2.05) is 25.5 Å². The number of sulfonamides is 1. The van der Waals surface area contributed by atoms with E-state index in [1.54, 1.807) is 16.6 Å². The lowest BCUT2D eigenvalue weighted by Gasteiger charge is -2.20. The van der Waals surface area contributed by atoms with E-state index >= 15 is 0 Å². The summed E-state index contributed by atoms with van der Waals surface area (Å²) in [6.45, 7) is 6.91. The lowest BCUT2D eigenvalue weighted by atomic mass is 10.4. The van der Waals surface area contributed by atoms with Gasteiger partial charge in [0.15, 0.2) is 0 Å². The van der Waals surface area contributed by atoms with Gasteiger partial charge >= 0.3 is 0 Å². The van der Waals surface area contributed by atoms with E-state index in [9.17, 15) is 8.42 Å². The Morgan fingerprint density at radius 1 is 1.38 bits per heavy atom. The van der Waals surface area contributed by atoms with E-state index in [-0.39, 0.29) is 0 Å². The Bertz CT molecular complexity index is 561. The molecule has 120 valence electrons. The highest BCUT2D eigenvalue weighted by atomic mass is 32.2. The van der Waals surface area contributed by atoms with E-state index in [4.69, 9.17) is 0 Å². The molecule has 21 heavy (non-hydrogen) atoms. The fourth-order valence-electron chi connectivity index (χ4n) is 2.44. The minimum absolute atomic E-state index is 0.423. The molecule has 0 spiro atoms. The Hall–Kier alpha value is -0.850. The second-order valence-corrected chi connectivity index (χ2v) is 7.80. The van der Waals surface area contributed by atoms with Crippen LogP contribution in [0.1, 0.15) is 38.8 Å². The fourth-order valence-corrected chi connectivity index (χ4v) is 4.15. The molecule has 0 aliphatic heterocycles. The summed E-state index contributed by atoms with van der Waals surface area (Å²) < 4.78 is 29.2. The van der Waals surface area contributed by atoms with Crippen molar-refractivity contribution in [3.63, 3.8) is 0 Å². The molecule has 0 radical (unpaired) electrons. The second kappa shape index (κ2) is 6.94. The third kappa shape index (κ3) is 4.08. The summed E-state index contributed by atoms with van der Waals surface area (Å²) in [6.07, 6.45) is 4.91. The Balaban J connectivity index is 2.19. The third-order valence-corrected chi connectivity index (χ3v) is 5.74. The Morgan fingerprint density at radius 3 is 2.67 bits per heavy atom. The van der Waals surface area contributed by atoms with Crippen LogP contribution in [0.5, 0.6) is 0 Å². The quantitative estimate of drug-likeness (QED) is 0.758. The van der Waals surface area contributed by atoms with Crippen LogP contribution in [-0.4, -0.2) is 36.9 Å². The molecule has 0 aromatic carbocycles. The Kier molecular flexibility index (Phi) is 5.46. The molecule has 1 heterocycles. The van der Waals surface area contributed by atoms with Gasteiger partial charge in [0, 0.05) is 38.6 Å². The summed E-state index contributed by atoms with van der Waals surface area (Å²) in [5.41, 5.74) is 0.998. The van der Waals surface area contributed by atoms with Gasteiger partial charge in [0.1, 0.15) is 4.90 Å². The van der Waals surface area contributed by atoms with Crippen molar-refractivity contribution in [3.8, 4) is 0 Å². The van der Waals surface area contributed by atoms with Crippen molar-refractivity contribution in [2.45, 2.75) is 44.6 Å². The maximum atomic E-state index is 12.8. The minimum atomic E-state index is -3.36. The topological polar surface area (TPSA) is 54.3 Å². The zero-order valence-corrected chi connectivity index (χ0v) is 14.1. The number of nitrogens with zero attached hydrogens (tertiary/aromatic N) is 2. The van der Waals surface area contributed by atoms with Gasteiger partial charge < -0.3 is 9.88 Å². The third-order valence-electron chi connectivity index (χ3n) is 3.91. The molecule has 0 bridgehead atoms. The van der Waals surface area contributed by atoms with Crippen LogP contribution in [0.4, 0.5) is 0 Å². The molecule has 6 heteroatoms. The SMILES string of the molecule is CCCN(CC1CC1)S(=O)(=O)c1cc(CNCC)n(C)c1. The Morgan fingerprint density at radius 2 is 2.10 bits per heavy atom. The number of rotatable bonds is 9. The highest BCUT2D eigenvalue weighted by Gasteiger charge is 2.31. The lowest BCUT2D eigenvalue weighted by molar-refractivity contribution is 0.395. The fraction of sp³-hybridized carbons (Fsp3) is 0.733. The van der Waals surface area contributed by atoms with Gasteiger partial charge in [-0.25, -0.2) is 8.42 Å². The van der Waals surface area contributed by atoms with Crippen LogP contribution in [0.2, 0.25) is 0 Å². The smallest absolute Gasteiger partial charge is 0.244 e. The normalized spacial score (nSPS) is 15.8. The summed E-state index contributed by atoms with van der Waals surface area (Å²) in [5.74, 6) is 0.566. The van der Waals surface area contributed by atoms with E-state index in [0.29, 0.717) is 30.4 Å². The van der Waals surface area contributed by atoms with Crippen LogP contribution in [0.15, 0.2) is 17.2 Å². The maximum absolute atomic E-state index is 12.8. The summed E-state index contributed by atoms with van der Waals surface area (Å²) in [7, 11) is -1.46. The molecule has 0 unspecified atom stereocenters. The van der Waals surface area contributed by atoms with Crippen LogP contribution in [-0.2, 0) is 23.6 Å². The number of hydrogen-bond donors (Lipinski definition) is 1. The van der Waals surface area contributed by atoms with E-state index < -0.39 is 10.0 Å². The lowest BCUT2D eigenvalue weighted by Crippen LogP contribution is -2.33. The molecular formula is C15H27N3O2S. The van der Waals surface area contributed by atoms with Crippen molar-refractivity contribution in [1.82, 2.24) is 14.2 Å². The molecule has 0 saturated heterocycles. The number of aryl methyl sites for hydroxylation is 1. The van der Waals surface area contributed by atoms with Crippen LogP contribution < -0.4 is 5.32 Å².